The molecule has 0 heterocycles. The molecule has 0 N–H and O–H groups in total. The molecule has 0 spiro atoms. The average molecular weight is 254 g/mol. The van der Waals surface area contributed by atoms with Gasteiger partial charge < -0.3 is 0 Å². The largest absolute Gasteiger partial charge is 0.294 e. The van der Waals surface area contributed by atoms with E-state index in [2.05, 4.69) is 13.8 Å². The lowest BCUT2D eigenvalue weighted by Crippen LogP contribution is -2.47. The number of benzene rings is 1. The van der Waals surface area contributed by atoms with Gasteiger partial charge in [-0.05, 0) is 26.7 Å². The fraction of sp³-hybridized carbons (Fsp3) is 0.412. The molecule has 0 saturated carbocycles. The van der Waals surface area contributed by atoms with E-state index in [9.17, 15) is 9.59 Å². The van der Waals surface area contributed by atoms with Crippen LogP contribution in [0.25, 0.3) is 0 Å². The van der Waals surface area contributed by atoms with E-state index < -0.39 is 5.41 Å². The van der Waals surface area contributed by atoms with Gasteiger partial charge in [0.05, 0.1) is 0 Å². The van der Waals surface area contributed by atoms with E-state index in [1.54, 1.807) is 12.1 Å². The summed E-state index contributed by atoms with van der Waals surface area (Å²) in [6, 6.07) is 7.25. The molecular formula is C17H18O2. The fourth-order valence-electron chi connectivity index (χ4n) is 3.54. The van der Waals surface area contributed by atoms with Crippen molar-refractivity contribution in [2.45, 2.75) is 33.6 Å². The summed E-state index contributed by atoms with van der Waals surface area (Å²) in [7, 11) is 0. The quantitative estimate of drug-likeness (QED) is 0.659. The molecule has 0 saturated heterocycles. The Kier molecular flexibility index (Phi) is 2.53. The lowest BCUT2D eigenvalue weighted by Gasteiger charge is -2.43. The summed E-state index contributed by atoms with van der Waals surface area (Å²) in [6.45, 7) is 6.12. The number of carbonyl (C=O) groups is 2. The smallest absolute Gasteiger partial charge is 0.170 e. The van der Waals surface area contributed by atoms with E-state index in [4.69, 9.17) is 0 Å². The Hall–Kier alpha value is -1.70. The Bertz CT molecular complexity index is 624. The van der Waals surface area contributed by atoms with Crippen LogP contribution in [0.2, 0.25) is 0 Å². The summed E-state index contributed by atoms with van der Waals surface area (Å²) in [4.78, 5) is 25.5. The van der Waals surface area contributed by atoms with Gasteiger partial charge in [-0.25, -0.2) is 0 Å². The first-order valence-electron chi connectivity index (χ1n) is 6.78. The second kappa shape index (κ2) is 3.89. The second-order valence-electron chi connectivity index (χ2n) is 6.15. The SMILES string of the molecule is CC1=C(C)C[C@]2(C)C(=O)c3ccccc3C(=O)[C@@H]2C1. The first-order valence-corrected chi connectivity index (χ1v) is 6.78. The summed E-state index contributed by atoms with van der Waals surface area (Å²) < 4.78 is 0. The fourth-order valence-corrected chi connectivity index (χ4v) is 3.54. The van der Waals surface area contributed by atoms with Crippen LogP contribution in [-0.4, -0.2) is 11.6 Å². The van der Waals surface area contributed by atoms with Crippen molar-refractivity contribution in [2.24, 2.45) is 11.3 Å². The van der Waals surface area contributed by atoms with Crippen LogP contribution in [0.5, 0.6) is 0 Å². The molecule has 1 aromatic carbocycles. The van der Waals surface area contributed by atoms with Crippen LogP contribution in [0.1, 0.15) is 54.3 Å². The highest BCUT2D eigenvalue weighted by atomic mass is 16.1. The van der Waals surface area contributed by atoms with Gasteiger partial charge in [0.1, 0.15) is 0 Å². The zero-order chi connectivity index (χ0) is 13.8. The van der Waals surface area contributed by atoms with Crippen molar-refractivity contribution in [1.82, 2.24) is 0 Å². The Balaban J connectivity index is 2.20. The number of carbonyl (C=O) groups excluding carboxylic acids is 2. The maximum atomic E-state index is 12.8. The Morgan fingerprint density at radius 1 is 1.05 bits per heavy atom. The minimum Gasteiger partial charge on any atom is -0.294 e. The van der Waals surface area contributed by atoms with Crippen LogP contribution in [0.15, 0.2) is 35.4 Å². The predicted molar refractivity (Wildman–Crippen MR) is 74.3 cm³/mol. The van der Waals surface area contributed by atoms with Gasteiger partial charge in [0.25, 0.3) is 0 Å². The van der Waals surface area contributed by atoms with E-state index >= 15 is 0 Å². The number of hydrogen-bond acceptors (Lipinski definition) is 2. The minimum atomic E-state index is -0.547. The molecule has 19 heavy (non-hydrogen) atoms. The molecule has 0 unspecified atom stereocenters. The Labute approximate surface area is 113 Å². The van der Waals surface area contributed by atoms with E-state index in [1.807, 2.05) is 19.1 Å². The molecule has 0 bridgehead atoms. The lowest BCUT2D eigenvalue weighted by molar-refractivity contribution is 0.0557. The number of allylic oxidation sites excluding steroid dienone is 2. The third-order valence-electron chi connectivity index (χ3n) is 4.91. The van der Waals surface area contributed by atoms with E-state index in [0.29, 0.717) is 17.5 Å². The molecule has 2 aliphatic rings. The van der Waals surface area contributed by atoms with Crippen LogP contribution >= 0.6 is 0 Å². The van der Waals surface area contributed by atoms with E-state index in [0.717, 1.165) is 6.42 Å². The minimum absolute atomic E-state index is 0.138. The van der Waals surface area contributed by atoms with Crippen molar-refractivity contribution >= 4 is 11.6 Å². The highest BCUT2D eigenvalue weighted by Gasteiger charge is 2.51. The van der Waals surface area contributed by atoms with Crippen molar-refractivity contribution < 1.29 is 9.59 Å². The van der Waals surface area contributed by atoms with Crippen molar-refractivity contribution in [3.8, 4) is 0 Å². The van der Waals surface area contributed by atoms with Crippen LogP contribution < -0.4 is 0 Å². The third kappa shape index (κ3) is 1.55. The van der Waals surface area contributed by atoms with Gasteiger partial charge in [0, 0.05) is 22.5 Å². The van der Waals surface area contributed by atoms with Crippen LogP contribution in [0, 0.1) is 11.3 Å². The van der Waals surface area contributed by atoms with Crippen LogP contribution in [-0.2, 0) is 0 Å². The van der Waals surface area contributed by atoms with Crippen molar-refractivity contribution in [2.75, 3.05) is 0 Å². The molecule has 2 atom stereocenters. The number of hydrogen-bond donors (Lipinski definition) is 0. The predicted octanol–water partition coefficient (Wildman–Crippen LogP) is 3.82. The van der Waals surface area contributed by atoms with Gasteiger partial charge in [-0.1, -0.05) is 42.3 Å². The summed E-state index contributed by atoms with van der Waals surface area (Å²) in [5, 5.41) is 0. The van der Waals surface area contributed by atoms with Gasteiger partial charge >= 0.3 is 0 Å². The number of Topliss-reactive ketones (excluding diaryl/α,β-unsaturated/α-hetero) is 2. The zero-order valence-corrected chi connectivity index (χ0v) is 11.6. The molecule has 2 nitrogen and oxygen atoms in total. The molecule has 0 radical (unpaired) electrons. The average Bonchev–Trinajstić information content (AvgIpc) is 2.40. The molecule has 2 heteroatoms. The molecule has 0 aliphatic heterocycles. The standard InChI is InChI=1S/C17H18O2/c1-10-8-14-15(18)12-6-4-5-7-13(12)16(19)17(14,3)9-11(10)2/h4-7,14H,8-9H2,1-3H3/t14-,17-/m0/s1. The maximum Gasteiger partial charge on any atom is 0.170 e. The number of fused-ring (bicyclic) bond motifs is 2. The van der Waals surface area contributed by atoms with Crippen molar-refractivity contribution in [1.29, 1.82) is 0 Å². The van der Waals surface area contributed by atoms with Crippen molar-refractivity contribution in [3.05, 3.63) is 46.5 Å². The molecule has 98 valence electrons. The lowest BCUT2D eigenvalue weighted by atomic mass is 9.57. The number of rotatable bonds is 0. The topological polar surface area (TPSA) is 34.1 Å². The van der Waals surface area contributed by atoms with Crippen LogP contribution in [0.3, 0.4) is 0 Å². The molecule has 2 aliphatic carbocycles. The highest BCUT2D eigenvalue weighted by Crippen LogP contribution is 2.50. The molecule has 0 fully saturated rings. The van der Waals surface area contributed by atoms with Gasteiger partial charge in [0.15, 0.2) is 11.6 Å². The summed E-state index contributed by atoms with van der Waals surface area (Å²) in [5.41, 5.74) is 3.21. The molecule has 3 rings (SSSR count). The summed E-state index contributed by atoms with van der Waals surface area (Å²) in [5.74, 6) is 0.0997. The second-order valence-corrected chi connectivity index (χ2v) is 6.15. The molecule has 0 aromatic heterocycles. The van der Waals surface area contributed by atoms with Crippen LogP contribution in [0.4, 0.5) is 0 Å². The molecule has 0 amide bonds. The summed E-state index contributed by atoms with van der Waals surface area (Å²) >= 11 is 0. The van der Waals surface area contributed by atoms with Crippen molar-refractivity contribution in [3.63, 3.8) is 0 Å². The van der Waals surface area contributed by atoms with Gasteiger partial charge in [-0.3, -0.25) is 9.59 Å². The Morgan fingerprint density at radius 3 is 2.37 bits per heavy atom. The maximum absolute atomic E-state index is 12.8. The van der Waals surface area contributed by atoms with Gasteiger partial charge in [0.2, 0.25) is 0 Å². The van der Waals surface area contributed by atoms with Gasteiger partial charge in [-0.15, -0.1) is 0 Å². The van der Waals surface area contributed by atoms with E-state index in [1.165, 1.54) is 11.1 Å². The van der Waals surface area contributed by atoms with E-state index in [-0.39, 0.29) is 17.5 Å². The Morgan fingerprint density at radius 2 is 1.68 bits per heavy atom. The first kappa shape index (κ1) is 12.3. The third-order valence-corrected chi connectivity index (χ3v) is 4.91. The molecular weight excluding hydrogens is 236 g/mol. The van der Waals surface area contributed by atoms with Gasteiger partial charge in [-0.2, -0.15) is 0 Å². The first-order chi connectivity index (χ1) is 8.95. The summed E-state index contributed by atoms with van der Waals surface area (Å²) in [6.07, 6.45) is 1.43. The zero-order valence-electron chi connectivity index (χ0n) is 11.6. The normalized spacial score (nSPS) is 30.2. The highest BCUT2D eigenvalue weighted by molar-refractivity contribution is 6.17. The number of ketones is 2. The monoisotopic (exact) mass is 254 g/mol. The molecule has 1 aromatic rings.